The first-order valence-electron chi connectivity index (χ1n) is 8.57. The summed E-state index contributed by atoms with van der Waals surface area (Å²) in [6.07, 6.45) is 1.88. The molecule has 2 aromatic carbocycles. The van der Waals surface area contributed by atoms with Crippen molar-refractivity contribution in [1.29, 1.82) is 0 Å². The minimum atomic E-state index is -2.09. The monoisotopic (exact) mass is 345 g/mol. The van der Waals surface area contributed by atoms with Crippen molar-refractivity contribution in [2.75, 3.05) is 13.2 Å². The van der Waals surface area contributed by atoms with Gasteiger partial charge in [-0.15, -0.1) is 9.05 Å². The SMILES string of the molecule is CCC(CO[P+](=O)OCC(CC)c1ccccc1)c1ccccc1. The Morgan fingerprint density at radius 2 is 1.12 bits per heavy atom. The highest BCUT2D eigenvalue weighted by molar-refractivity contribution is 7.33. The van der Waals surface area contributed by atoms with Crippen LogP contribution in [0.4, 0.5) is 0 Å². The summed E-state index contributed by atoms with van der Waals surface area (Å²) in [6, 6.07) is 20.4. The summed E-state index contributed by atoms with van der Waals surface area (Å²) in [5.41, 5.74) is 2.42. The van der Waals surface area contributed by atoms with Gasteiger partial charge >= 0.3 is 8.25 Å². The van der Waals surface area contributed by atoms with Gasteiger partial charge in [-0.3, -0.25) is 0 Å². The fraction of sp³-hybridized carbons (Fsp3) is 0.400. The topological polar surface area (TPSA) is 35.5 Å². The lowest BCUT2D eigenvalue weighted by Crippen LogP contribution is -2.07. The Bertz CT molecular complexity index is 547. The van der Waals surface area contributed by atoms with Crippen molar-refractivity contribution < 1.29 is 13.6 Å². The fourth-order valence-corrected chi connectivity index (χ4v) is 3.37. The Labute approximate surface area is 146 Å². The van der Waals surface area contributed by atoms with Gasteiger partial charge in [0, 0.05) is 16.4 Å². The Hall–Kier alpha value is -1.54. The van der Waals surface area contributed by atoms with Gasteiger partial charge < -0.3 is 0 Å². The molecular weight excluding hydrogens is 319 g/mol. The van der Waals surface area contributed by atoms with E-state index < -0.39 is 8.25 Å². The minimum absolute atomic E-state index is 0.241. The average molecular weight is 345 g/mol. The molecule has 0 saturated heterocycles. The highest BCUT2D eigenvalue weighted by Gasteiger charge is 2.25. The molecule has 0 N–H and O–H groups in total. The van der Waals surface area contributed by atoms with Gasteiger partial charge in [-0.1, -0.05) is 74.5 Å². The molecule has 0 aliphatic heterocycles. The van der Waals surface area contributed by atoms with Crippen LogP contribution in [0.5, 0.6) is 0 Å². The summed E-state index contributed by atoms with van der Waals surface area (Å²) in [4.78, 5) is 0. The van der Waals surface area contributed by atoms with E-state index >= 15 is 0 Å². The molecule has 0 aliphatic carbocycles. The molecule has 3 nitrogen and oxygen atoms in total. The van der Waals surface area contributed by atoms with Crippen LogP contribution < -0.4 is 0 Å². The molecular formula is C20H26O3P+. The average Bonchev–Trinajstić information content (AvgIpc) is 2.64. The van der Waals surface area contributed by atoms with Crippen molar-refractivity contribution in [2.24, 2.45) is 0 Å². The first-order chi connectivity index (χ1) is 11.7. The molecule has 2 atom stereocenters. The largest absolute Gasteiger partial charge is 0.697 e. The van der Waals surface area contributed by atoms with Gasteiger partial charge in [-0.25, -0.2) is 0 Å². The molecule has 128 valence electrons. The number of hydrogen-bond acceptors (Lipinski definition) is 3. The molecule has 0 spiro atoms. The number of rotatable bonds is 10. The highest BCUT2D eigenvalue weighted by atomic mass is 31.1. The van der Waals surface area contributed by atoms with Crippen molar-refractivity contribution in [3.05, 3.63) is 71.8 Å². The molecule has 0 aliphatic rings. The Morgan fingerprint density at radius 3 is 1.46 bits per heavy atom. The van der Waals surface area contributed by atoms with E-state index in [9.17, 15) is 4.57 Å². The first-order valence-corrected chi connectivity index (χ1v) is 9.67. The van der Waals surface area contributed by atoms with E-state index in [4.69, 9.17) is 9.05 Å². The van der Waals surface area contributed by atoms with Gasteiger partial charge in [0.1, 0.15) is 13.2 Å². The molecule has 4 heteroatoms. The van der Waals surface area contributed by atoms with E-state index in [1.54, 1.807) is 0 Å². The molecule has 2 aromatic rings. The van der Waals surface area contributed by atoms with Crippen molar-refractivity contribution in [3.63, 3.8) is 0 Å². The van der Waals surface area contributed by atoms with Crippen LogP contribution in [0, 0.1) is 0 Å². The van der Waals surface area contributed by atoms with Crippen LogP contribution in [-0.4, -0.2) is 13.2 Å². The molecule has 2 rings (SSSR count). The lowest BCUT2D eigenvalue weighted by atomic mass is 9.98. The first kappa shape index (κ1) is 18.8. The third-order valence-electron chi connectivity index (χ3n) is 4.29. The van der Waals surface area contributed by atoms with Gasteiger partial charge in [0.05, 0.1) is 0 Å². The Balaban J connectivity index is 1.80. The van der Waals surface area contributed by atoms with Crippen LogP contribution in [0.3, 0.4) is 0 Å². The molecule has 24 heavy (non-hydrogen) atoms. The van der Waals surface area contributed by atoms with Crippen LogP contribution >= 0.6 is 8.25 Å². The van der Waals surface area contributed by atoms with Crippen molar-refractivity contribution in [2.45, 2.75) is 38.5 Å². The summed E-state index contributed by atoms with van der Waals surface area (Å²) in [7, 11) is -2.09. The van der Waals surface area contributed by atoms with Gasteiger partial charge in [-0.2, -0.15) is 0 Å². The summed E-state index contributed by atoms with van der Waals surface area (Å²) in [5, 5.41) is 0. The molecule has 0 bridgehead atoms. The van der Waals surface area contributed by atoms with E-state index in [1.807, 2.05) is 36.4 Å². The number of benzene rings is 2. The molecule has 2 unspecified atom stereocenters. The zero-order valence-electron chi connectivity index (χ0n) is 14.4. The zero-order valence-corrected chi connectivity index (χ0v) is 15.3. The van der Waals surface area contributed by atoms with Crippen LogP contribution in [0.2, 0.25) is 0 Å². The summed E-state index contributed by atoms with van der Waals surface area (Å²) in [6.45, 7) is 5.05. The molecule has 0 aromatic heterocycles. The third-order valence-corrected chi connectivity index (χ3v) is 5.01. The maximum absolute atomic E-state index is 12.1. The molecule has 0 saturated carbocycles. The maximum atomic E-state index is 12.1. The second-order valence-electron chi connectivity index (χ2n) is 5.85. The smallest absolute Gasteiger partial charge is 0.118 e. The highest BCUT2D eigenvalue weighted by Crippen LogP contribution is 2.31. The molecule has 0 heterocycles. The van der Waals surface area contributed by atoms with E-state index in [1.165, 1.54) is 11.1 Å². The fourth-order valence-electron chi connectivity index (χ4n) is 2.69. The molecule has 0 amide bonds. The quantitative estimate of drug-likeness (QED) is 0.491. The van der Waals surface area contributed by atoms with Gasteiger partial charge in [0.2, 0.25) is 0 Å². The van der Waals surface area contributed by atoms with Crippen molar-refractivity contribution >= 4 is 8.25 Å². The van der Waals surface area contributed by atoms with E-state index in [2.05, 4.69) is 38.1 Å². The standard InChI is InChI=1S/C20H26O3P/c1-3-17(19-11-7-5-8-12-19)15-22-24(21)23-16-18(4-2)20-13-9-6-10-14-20/h5-14,17-18H,3-4,15-16H2,1-2H3/q+1. The Kier molecular flexibility index (Phi) is 8.11. The van der Waals surface area contributed by atoms with Crippen molar-refractivity contribution in [3.8, 4) is 0 Å². The second kappa shape index (κ2) is 10.4. The maximum Gasteiger partial charge on any atom is 0.697 e. The van der Waals surface area contributed by atoms with Crippen LogP contribution in [0.15, 0.2) is 60.7 Å². The number of hydrogen-bond donors (Lipinski definition) is 0. The van der Waals surface area contributed by atoms with E-state index in [0.717, 1.165) is 12.8 Å². The van der Waals surface area contributed by atoms with Gasteiger partial charge in [-0.05, 0) is 24.0 Å². The summed E-state index contributed by atoms with van der Waals surface area (Å²) >= 11 is 0. The van der Waals surface area contributed by atoms with Crippen LogP contribution in [0.1, 0.15) is 49.7 Å². The Morgan fingerprint density at radius 1 is 0.750 bits per heavy atom. The normalized spacial score (nSPS) is 14.2. The predicted octanol–water partition coefficient (Wildman–Crippen LogP) is 6.06. The third kappa shape index (κ3) is 5.83. The van der Waals surface area contributed by atoms with Gasteiger partial charge in [0.15, 0.2) is 0 Å². The summed E-state index contributed by atoms with van der Waals surface area (Å²) in [5.74, 6) is 0.481. The summed E-state index contributed by atoms with van der Waals surface area (Å²) < 4.78 is 23.0. The second-order valence-corrected chi connectivity index (χ2v) is 6.81. The van der Waals surface area contributed by atoms with E-state index in [-0.39, 0.29) is 11.8 Å². The molecule has 0 fully saturated rings. The lowest BCUT2D eigenvalue weighted by molar-refractivity contribution is 0.203. The van der Waals surface area contributed by atoms with Crippen LogP contribution in [-0.2, 0) is 13.6 Å². The molecule has 0 radical (unpaired) electrons. The minimum Gasteiger partial charge on any atom is -0.118 e. The van der Waals surface area contributed by atoms with Crippen molar-refractivity contribution in [1.82, 2.24) is 0 Å². The van der Waals surface area contributed by atoms with Gasteiger partial charge in [0.25, 0.3) is 0 Å². The lowest BCUT2D eigenvalue weighted by Gasteiger charge is -2.12. The zero-order chi connectivity index (χ0) is 17.2. The predicted molar refractivity (Wildman–Crippen MR) is 98.5 cm³/mol. The van der Waals surface area contributed by atoms with Crippen LogP contribution in [0.25, 0.3) is 0 Å². The van der Waals surface area contributed by atoms with E-state index in [0.29, 0.717) is 13.2 Å².